The van der Waals surface area contributed by atoms with E-state index in [9.17, 15) is 14.0 Å². The number of carbonyl (C=O) groups excluding carboxylic acids is 2. The molecule has 0 saturated heterocycles. The molecule has 0 saturated carbocycles. The Morgan fingerprint density at radius 2 is 1.46 bits per heavy atom. The van der Waals surface area contributed by atoms with E-state index in [1.807, 2.05) is 36.4 Å². The van der Waals surface area contributed by atoms with Gasteiger partial charge < -0.3 is 16.0 Å². The summed E-state index contributed by atoms with van der Waals surface area (Å²) in [6.45, 7) is 1.43. The van der Waals surface area contributed by atoms with E-state index in [0.717, 1.165) is 5.56 Å². The molecule has 0 spiro atoms. The highest BCUT2D eigenvalue weighted by atomic mass is 19.1. The number of benzene rings is 3. The van der Waals surface area contributed by atoms with Gasteiger partial charge in [0.25, 0.3) is 5.91 Å². The highest BCUT2D eigenvalue weighted by Gasteiger charge is 2.21. The smallest absolute Gasteiger partial charge is 0.251 e. The van der Waals surface area contributed by atoms with Crippen LogP contribution in [0.1, 0.15) is 18.5 Å². The van der Waals surface area contributed by atoms with Crippen molar-refractivity contribution < 1.29 is 14.0 Å². The van der Waals surface area contributed by atoms with Crippen LogP contribution in [0.2, 0.25) is 0 Å². The third-order valence-electron chi connectivity index (χ3n) is 4.00. The first-order valence-electron chi connectivity index (χ1n) is 8.77. The van der Waals surface area contributed by atoms with Crippen molar-refractivity contribution in [2.24, 2.45) is 0 Å². The van der Waals surface area contributed by atoms with E-state index in [4.69, 9.17) is 0 Å². The summed E-state index contributed by atoms with van der Waals surface area (Å²) in [4.78, 5) is 24.2. The zero-order valence-electron chi connectivity index (χ0n) is 15.3. The first-order chi connectivity index (χ1) is 13.5. The molecule has 3 rings (SSSR count). The second-order valence-electron chi connectivity index (χ2n) is 6.25. The molecule has 28 heavy (non-hydrogen) atoms. The molecule has 6 heteroatoms. The number of hydrogen-bond acceptors (Lipinski definition) is 3. The highest BCUT2D eigenvalue weighted by Crippen LogP contribution is 2.24. The molecule has 3 aromatic carbocycles. The molecule has 0 aliphatic rings. The molecular formula is C22H20FN3O2. The predicted octanol–water partition coefficient (Wildman–Crippen LogP) is 4.58. The summed E-state index contributed by atoms with van der Waals surface area (Å²) in [5.74, 6) is -0.834. The SMILES string of the molecule is CC(=O)Nc1cccc(NC(C(=O)Nc2ccc(F)cc2)c2ccccc2)c1. The van der Waals surface area contributed by atoms with Crippen LogP contribution in [0, 0.1) is 5.82 Å². The minimum atomic E-state index is -0.682. The Kier molecular flexibility index (Phi) is 6.01. The fourth-order valence-corrected chi connectivity index (χ4v) is 2.75. The van der Waals surface area contributed by atoms with Gasteiger partial charge in [-0.05, 0) is 48.0 Å². The zero-order chi connectivity index (χ0) is 19.9. The Morgan fingerprint density at radius 3 is 2.14 bits per heavy atom. The van der Waals surface area contributed by atoms with Crippen molar-refractivity contribution in [3.05, 3.63) is 90.2 Å². The summed E-state index contributed by atoms with van der Waals surface area (Å²) in [6.07, 6.45) is 0. The van der Waals surface area contributed by atoms with Crippen molar-refractivity contribution in [3.8, 4) is 0 Å². The summed E-state index contributed by atoms with van der Waals surface area (Å²) in [6, 6.07) is 21.3. The third-order valence-corrected chi connectivity index (χ3v) is 4.00. The maximum absolute atomic E-state index is 13.1. The first-order valence-corrected chi connectivity index (χ1v) is 8.77. The average molecular weight is 377 g/mol. The van der Waals surface area contributed by atoms with Crippen molar-refractivity contribution in [2.45, 2.75) is 13.0 Å². The van der Waals surface area contributed by atoms with Gasteiger partial charge in [0, 0.05) is 24.0 Å². The van der Waals surface area contributed by atoms with E-state index < -0.39 is 6.04 Å². The lowest BCUT2D eigenvalue weighted by molar-refractivity contribution is -0.117. The quantitative estimate of drug-likeness (QED) is 0.589. The first kappa shape index (κ1) is 19.1. The molecule has 0 radical (unpaired) electrons. The summed E-state index contributed by atoms with van der Waals surface area (Å²) < 4.78 is 13.1. The lowest BCUT2D eigenvalue weighted by Gasteiger charge is -2.20. The highest BCUT2D eigenvalue weighted by molar-refractivity contribution is 5.97. The van der Waals surface area contributed by atoms with Crippen LogP contribution >= 0.6 is 0 Å². The Balaban J connectivity index is 1.84. The van der Waals surface area contributed by atoms with Gasteiger partial charge in [-0.15, -0.1) is 0 Å². The van der Waals surface area contributed by atoms with Crippen molar-refractivity contribution in [1.29, 1.82) is 0 Å². The molecule has 2 amide bonds. The maximum Gasteiger partial charge on any atom is 0.251 e. The van der Waals surface area contributed by atoms with Crippen LogP contribution in [0.5, 0.6) is 0 Å². The topological polar surface area (TPSA) is 70.2 Å². The number of anilines is 3. The number of halogens is 1. The minimum Gasteiger partial charge on any atom is -0.370 e. The van der Waals surface area contributed by atoms with Crippen molar-refractivity contribution >= 4 is 28.9 Å². The molecule has 1 atom stereocenters. The van der Waals surface area contributed by atoms with Crippen LogP contribution in [0.25, 0.3) is 0 Å². The van der Waals surface area contributed by atoms with Crippen LogP contribution in [0.4, 0.5) is 21.5 Å². The fraction of sp³-hybridized carbons (Fsp3) is 0.0909. The summed E-state index contributed by atoms with van der Waals surface area (Å²) in [7, 11) is 0. The van der Waals surface area contributed by atoms with Gasteiger partial charge in [0.05, 0.1) is 0 Å². The molecule has 0 fully saturated rings. The molecule has 0 heterocycles. The van der Waals surface area contributed by atoms with Crippen LogP contribution in [-0.2, 0) is 9.59 Å². The van der Waals surface area contributed by atoms with E-state index in [0.29, 0.717) is 17.1 Å². The van der Waals surface area contributed by atoms with E-state index in [1.165, 1.54) is 31.2 Å². The zero-order valence-corrected chi connectivity index (χ0v) is 15.3. The van der Waals surface area contributed by atoms with Crippen molar-refractivity contribution in [2.75, 3.05) is 16.0 Å². The van der Waals surface area contributed by atoms with Gasteiger partial charge in [-0.25, -0.2) is 4.39 Å². The van der Waals surface area contributed by atoms with Crippen molar-refractivity contribution in [3.63, 3.8) is 0 Å². The van der Waals surface area contributed by atoms with Crippen molar-refractivity contribution in [1.82, 2.24) is 0 Å². The maximum atomic E-state index is 13.1. The van der Waals surface area contributed by atoms with Gasteiger partial charge in [0.1, 0.15) is 11.9 Å². The number of hydrogen-bond donors (Lipinski definition) is 3. The average Bonchev–Trinajstić information content (AvgIpc) is 2.68. The molecule has 0 aromatic heterocycles. The fourth-order valence-electron chi connectivity index (χ4n) is 2.75. The van der Waals surface area contributed by atoms with Crippen LogP contribution in [0.15, 0.2) is 78.9 Å². The van der Waals surface area contributed by atoms with E-state index in [-0.39, 0.29) is 17.6 Å². The second-order valence-corrected chi connectivity index (χ2v) is 6.25. The van der Waals surface area contributed by atoms with Gasteiger partial charge >= 0.3 is 0 Å². The van der Waals surface area contributed by atoms with Gasteiger partial charge in [-0.2, -0.15) is 0 Å². The molecular weight excluding hydrogens is 357 g/mol. The van der Waals surface area contributed by atoms with Gasteiger partial charge in [-0.3, -0.25) is 9.59 Å². The molecule has 5 nitrogen and oxygen atoms in total. The Morgan fingerprint density at radius 1 is 0.786 bits per heavy atom. The summed E-state index contributed by atoms with van der Waals surface area (Å²) in [5, 5.41) is 8.72. The van der Waals surface area contributed by atoms with Gasteiger partial charge in [0.2, 0.25) is 5.91 Å². The number of rotatable bonds is 6. The van der Waals surface area contributed by atoms with E-state index >= 15 is 0 Å². The van der Waals surface area contributed by atoms with E-state index in [2.05, 4.69) is 16.0 Å². The lowest BCUT2D eigenvalue weighted by Crippen LogP contribution is -2.27. The number of amides is 2. The van der Waals surface area contributed by atoms with Gasteiger partial charge in [-0.1, -0.05) is 36.4 Å². The Labute approximate surface area is 162 Å². The Hall–Kier alpha value is -3.67. The monoisotopic (exact) mass is 377 g/mol. The Bertz CT molecular complexity index is 959. The summed E-state index contributed by atoms with van der Waals surface area (Å²) >= 11 is 0. The van der Waals surface area contributed by atoms with Gasteiger partial charge in [0.15, 0.2) is 0 Å². The second kappa shape index (κ2) is 8.81. The van der Waals surface area contributed by atoms with Crippen LogP contribution < -0.4 is 16.0 Å². The third kappa shape index (κ3) is 5.17. The molecule has 3 aromatic rings. The van der Waals surface area contributed by atoms with E-state index in [1.54, 1.807) is 18.2 Å². The molecule has 1 unspecified atom stereocenters. The molecule has 0 bridgehead atoms. The van der Waals surface area contributed by atoms with Crippen LogP contribution in [-0.4, -0.2) is 11.8 Å². The largest absolute Gasteiger partial charge is 0.370 e. The normalized spacial score (nSPS) is 11.4. The summed E-state index contributed by atoms with van der Waals surface area (Å²) in [5.41, 5.74) is 2.57. The molecule has 3 N–H and O–H groups in total. The number of nitrogens with one attached hydrogen (secondary N) is 3. The molecule has 0 aliphatic carbocycles. The predicted molar refractivity (Wildman–Crippen MR) is 109 cm³/mol. The minimum absolute atomic E-state index is 0.175. The van der Waals surface area contributed by atoms with Crippen LogP contribution in [0.3, 0.4) is 0 Å². The lowest BCUT2D eigenvalue weighted by atomic mass is 10.1. The standard InChI is InChI=1S/C22H20FN3O2/c1-15(27)24-19-8-5-9-20(14-19)25-21(16-6-3-2-4-7-16)22(28)26-18-12-10-17(23)11-13-18/h2-14,21,25H,1H3,(H,24,27)(H,26,28). The molecule has 142 valence electrons. The number of carbonyl (C=O) groups is 2. The molecule has 0 aliphatic heterocycles.